The Morgan fingerprint density at radius 2 is 1.62 bits per heavy atom. The number of esters is 1. The van der Waals surface area contributed by atoms with Crippen molar-refractivity contribution in [2.24, 2.45) is 5.92 Å². The predicted molar refractivity (Wildman–Crippen MR) is 127 cm³/mol. The maximum Gasteiger partial charge on any atom is 0.316 e. The highest BCUT2D eigenvalue weighted by Gasteiger charge is 2.44. The first-order chi connectivity index (χ1) is 15.3. The molecule has 0 bridgehead atoms. The first kappa shape index (κ1) is 24.7. The molecule has 2 aromatic carbocycles. The van der Waals surface area contributed by atoms with Crippen LogP contribution in [-0.2, 0) is 21.5 Å². The van der Waals surface area contributed by atoms with Crippen molar-refractivity contribution in [3.63, 3.8) is 0 Å². The molecule has 1 unspecified atom stereocenters. The van der Waals surface area contributed by atoms with Crippen molar-refractivity contribution >= 4 is 17.6 Å². The zero-order valence-electron chi connectivity index (χ0n) is 19.3. The molecule has 0 radical (unpaired) electrons. The minimum absolute atomic E-state index is 0.0386. The fourth-order valence-electron chi connectivity index (χ4n) is 4.75. The lowest BCUT2D eigenvalue weighted by Gasteiger charge is -2.38. The Bertz CT molecular complexity index is 864. The highest BCUT2D eigenvalue weighted by Crippen LogP contribution is 2.38. The molecule has 6 heteroatoms. The summed E-state index contributed by atoms with van der Waals surface area (Å²) in [6.45, 7) is 10.0. The van der Waals surface area contributed by atoms with Gasteiger partial charge in [-0.1, -0.05) is 49.7 Å². The first-order valence-corrected chi connectivity index (χ1v) is 11.8. The van der Waals surface area contributed by atoms with E-state index in [-0.39, 0.29) is 17.7 Å². The van der Waals surface area contributed by atoms with Gasteiger partial charge in [-0.2, -0.15) is 0 Å². The smallest absolute Gasteiger partial charge is 0.316 e. The van der Waals surface area contributed by atoms with Gasteiger partial charge in [-0.15, -0.1) is 0 Å². The number of piperazine rings is 1. The Hall–Kier alpha value is -1.95. The van der Waals surface area contributed by atoms with Crippen LogP contribution in [0.1, 0.15) is 37.8 Å². The van der Waals surface area contributed by atoms with Gasteiger partial charge >= 0.3 is 5.97 Å². The van der Waals surface area contributed by atoms with Crippen molar-refractivity contribution in [1.29, 1.82) is 0 Å². The molecule has 0 N–H and O–H groups in total. The van der Waals surface area contributed by atoms with Crippen molar-refractivity contribution in [3.8, 4) is 0 Å². The molecule has 1 heterocycles. The van der Waals surface area contributed by atoms with E-state index in [1.807, 2.05) is 26.0 Å². The van der Waals surface area contributed by atoms with Crippen molar-refractivity contribution in [2.45, 2.75) is 38.6 Å². The Kier molecular flexibility index (Phi) is 8.69. The predicted octanol–water partition coefficient (Wildman–Crippen LogP) is 5.14. The molecule has 1 atom stereocenters. The molecule has 0 aliphatic carbocycles. The van der Waals surface area contributed by atoms with Crippen LogP contribution in [0.4, 0.5) is 4.39 Å². The van der Waals surface area contributed by atoms with E-state index in [0.717, 1.165) is 56.3 Å². The highest BCUT2D eigenvalue weighted by molar-refractivity contribution is 6.30. The second kappa shape index (κ2) is 11.3. The minimum atomic E-state index is -0.765. The molecule has 1 fully saturated rings. The van der Waals surface area contributed by atoms with Crippen molar-refractivity contribution < 1.29 is 13.9 Å². The molecule has 4 nitrogen and oxygen atoms in total. The highest BCUT2D eigenvalue weighted by atomic mass is 35.5. The van der Waals surface area contributed by atoms with E-state index in [1.54, 1.807) is 12.1 Å². The largest absolute Gasteiger partial charge is 0.468 e. The van der Waals surface area contributed by atoms with Gasteiger partial charge in [-0.3, -0.25) is 9.69 Å². The Balaban J connectivity index is 1.56. The summed E-state index contributed by atoms with van der Waals surface area (Å²) in [5.41, 5.74) is 1.34. The van der Waals surface area contributed by atoms with E-state index in [9.17, 15) is 9.18 Å². The van der Waals surface area contributed by atoms with Gasteiger partial charge in [0.25, 0.3) is 0 Å². The van der Waals surface area contributed by atoms with E-state index < -0.39 is 5.41 Å². The van der Waals surface area contributed by atoms with E-state index in [1.165, 1.54) is 24.8 Å². The van der Waals surface area contributed by atoms with Crippen LogP contribution < -0.4 is 0 Å². The third-order valence-electron chi connectivity index (χ3n) is 6.72. The lowest BCUT2D eigenvalue weighted by atomic mass is 9.68. The molecule has 32 heavy (non-hydrogen) atoms. The molecule has 0 aromatic heterocycles. The second-order valence-electron chi connectivity index (χ2n) is 8.97. The van der Waals surface area contributed by atoms with Crippen LogP contribution >= 0.6 is 11.6 Å². The van der Waals surface area contributed by atoms with Crippen LogP contribution in [0.15, 0.2) is 48.5 Å². The van der Waals surface area contributed by atoms with Gasteiger partial charge in [0.05, 0.1) is 12.5 Å². The van der Waals surface area contributed by atoms with Gasteiger partial charge in [0.1, 0.15) is 5.82 Å². The molecule has 2 aromatic rings. The van der Waals surface area contributed by atoms with Crippen LogP contribution in [-0.4, -0.2) is 55.6 Å². The molecule has 1 aliphatic rings. The van der Waals surface area contributed by atoms with Gasteiger partial charge in [0.2, 0.25) is 0 Å². The number of hydrogen-bond donors (Lipinski definition) is 0. The van der Waals surface area contributed by atoms with Gasteiger partial charge in [-0.25, -0.2) is 4.39 Å². The number of carbonyl (C=O) groups excluding carboxylic acids is 1. The normalized spacial score (nSPS) is 17.3. The summed E-state index contributed by atoms with van der Waals surface area (Å²) in [5.74, 6) is -0.503. The van der Waals surface area contributed by atoms with Gasteiger partial charge in [0.15, 0.2) is 0 Å². The molecular weight excluding hydrogens is 427 g/mol. The SMILES string of the molecule is COC(=O)C(CCCN1CCN(Cc2ccc(Cl)cc2)CC1)(c1ccc(F)cc1)C(C)C. The number of ether oxygens (including phenoxy) is 1. The maximum atomic E-state index is 13.5. The molecule has 1 saturated heterocycles. The number of hydrogen-bond acceptors (Lipinski definition) is 4. The van der Waals surface area contributed by atoms with Crippen LogP contribution in [0.25, 0.3) is 0 Å². The monoisotopic (exact) mass is 460 g/mol. The topological polar surface area (TPSA) is 32.8 Å². The summed E-state index contributed by atoms with van der Waals surface area (Å²) in [5, 5.41) is 0.767. The first-order valence-electron chi connectivity index (χ1n) is 11.4. The molecule has 0 saturated carbocycles. The van der Waals surface area contributed by atoms with Gasteiger partial charge in [-0.05, 0) is 60.7 Å². The number of rotatable bonds is 9. The summed E-state index contributed by atoms with van der Waals surface area (Å²) < 4.78 is 18.7. The number of carbonyl (C=O) groups is 1. The van der Waals surface area contributed by atoms with E-state index in [4.69, 9.17) is 16.3 Å². The third-order valence-corrected chi connectivity index (χ3v) is 6.98. The zero-order valence-corrected chi connectivity index (χ0v) is 20.1. The Morgan fingerprint density at radius 1 is 1.03 bits per heavy atom. The summed E-state index contributed by atoms with van der Waals surface area (Å²) in [6.07, 6.45) is 1.55. The number of benzene rings is 2. The van der Waals surface area contributed by atoms with Crippen molar-refractivity contribution in [3.05, 3.63) is 70.5 Å². The van der Waals surface area contributed by atoms with E-state index in [0.29, 0.717) is 6.42 Å². The summed E-state index contributed by atoms with van der Waals surface area (Å²) in [4.78, 5) is 17.9. The standard InChI is InChI=1S/C26H34ClFN2O2/c1-20(2)26(25(31)32-3,22-7-11-24(28)12-8-22)13-4-14-29-15-17-30(18-16-29)19-21-5-9-23(27)10-6-21/h5-12,20H,4,13-19H2,1-3H3. The van der Waals surface area contributed by atoms with Gasteiger partial charge < -0.3 is 9.64 Å². The minimum Gasteiger partial charge on any atom is -0.468 e. The van der Waals surface area contributed by atoms with Crippen LogP contribution in [0, 0.1) is 11.7 Å². The lowest BCUT2D eigenvalue weighted by Crippen LogP contribution is -2.47. The summed E-state index contributed by atoms with van der Waals surface area (Å²) in [6, 6.07) is 14.4. The van der Waals surface area contributed by atoms with Crippen LogP contribution in [0.2, 0.25) is 5.02 Å². The number of halogens is 2. The maximum absolute atomic E-state index is 13.5. The van der Waals surface area contributed by atoms with Crippen LogP contribution in [0.5, 0.6) is 0 Å². The van der Waals surface area contributed by atoms with Crippen LogP contribution in [0.3, 0.4) is 0 Å². The number of methoxy groups -OCH3 is 1. The fourth-order valence-corrected chi connectivity index (χ4v) is 4.88. The Labute approximate surface area is 196 Å². The second-order valence-corrected chi connectivity index (χ2v) is 9.41. The molecule has 174 valence electrons. The fraction of sp³-hybridized carbons (Fsp3) is 0.500. The molecular formula is C26H34ClFN2O2. The quantitative estimate of drug-likeness (QED) is 0.485. The summed E-state index contributed by atoms with van der Waals surface area (Å²) >= 11 is 5.98. The third kappa shape index (κ3) is 5.89. The van der Waals surface area contributed by atoms with Gasteiger partial charge in [0, 0.05) is 37.7 Å². The average molecular weight is 461 g/mol. The zero-order chi connectivity index (χ0) is 23.1. The number of nitrogens with zero attached hydrogens (tertiary/aromatic N) is 2. The van der Waals surface area contributed by atoms with Crippen molar-refractivity contribution in [2.75, 3.05) is 39.8 Å². The van der Waals surface area contributed by atoms with Crippen molar-refractivity contribution in [1.82, 2.24) is 9.80 Å². The Morgan fingerprint density at radius 3 is 2.19 bits per heavy atom. The molecule has 0 spiro atoms. The summed E-state index contributed by atoms with van der Waals surface area (Å²) in [7, 11) is 1.43. The average Bonchev–Trinajstić information content (AvgIpc) is 2.79. The molecule has 1 aliphatic heterocycles. The lowest BCUT2D eigenvalue weighted by molar-refractivity contribution is -0.150. The molecule has 0 amide bonds. The molecule has 3 rings (SSSR count). The van der Waals surface area contributed by atoms with E-state index in [2.05, 4.69) is 21.9 Å². The van der Waals surface area contributed by atoms with E-state index >= 15 is 0 Å².